The monoisotopic (exact) mass is 299 g/mol. The Hall–Kier alpha value is -1.68. The maximum Gasteiger partial charge on any atom is 0.227 e. The minimum Gasteiger partial charge on any atom is -0.339 e. The number of nitrogens with two attached hydrogens (primary N) is 1. The van der Waals surface area contributed by atoms with Gasteiger partial charge in [0.15, 0.2) is 5.82 Å². The van der Waals surface area contributed by atoms with E-state index in [4.69, 9.17) is 10.3 Å². The average molecular weight is 299 g/mol. The highest BCUT2D eigenvalue weighted by atomic mass is 16.5. The quantitative estimate of drug-likeness (QED) is 0.888. The molecule has 0 atom stereocenters. The topological polar surface area (TPSA) is 64.9 Å². The van der Waals surface area contributed by atoms with Gasteiger partial charge in [0.25, 0.3) is 0 Å². The molecule has 0 radical (unpaired) electrons. The summed E-state index contributed by atoms with van der Waals surface area (Å²) in [6, 6.07) is 10.4. The van der Waals surface area contributed by atoms with Gasteiger partial charge in [-0.1, -0.05) is 54.8 Å². The summed E-state index contributed by atoms with van der Waals surface area (Å²) < 4.78 is 5.47. The summed E-state index contributed by atoms with van der Waals surface area (Å²) in [6.07, 6.45) is 8.84. The van der Waals surface area contributed by atoms with Crippen molar-refractivity contribution in [2.45, 2.75) is 51.4 Å². The van der Waals surface area contributed by atoms with Crippen LogP contribution in [0.3, 0.4) is 0 Å². The minimum atomic E-state index is 0.182. The van der Waals surface area contributed by atoms with Crippen LogP contribution < -0.4 is 5.73 Å². The predicted molar refractivity (Wildman–Crippen MR) is 86.4 cm³/mol. The third kappa shape index (κ3) is 3.74. The van der Waals surface area contributed by atoms with Crippen molar-refractivity contribution in [1.29, 1.82) is 0 Å². The number of aromatic nitrogens is 2. The highest BCUT2D eigenvalue weighted by Crippen LogP contribution is 2.37. The van der Waals surface area contributed by atoms with E-state index in [0.717, 1.165) is 31.0 Å². The molecule has 0 unspecified atom stereocenters. The third-order valence-electron chi connectivity index (χ3n) is 4.86. The van der Waals surface area contributed by atoms with Gasteiger partial charge in [-0.15, -0.1) is 0 Å². The fraction of sp³-hybridized carbons (Fsp3) is 0.556. The maximum atomic E-state index is 6.04. The van der Waals surface area contributed by atoms with E-state index in [1.807, 2.05) is 6.07 Å². The Morgan fingerprint density at radius 2 is 1.82 bits per heavy atom. The van der Waals surface area contributed by atoms with Gasteiger partial charge in [0.1, 0.15) is 0 Å². The van der Waals surface area contributed by atoms with Crippen LogP contribution in [0.4, 0.5) is 0 Å². The minimum absolute atomic E-state index is 0.182. The lowest BCUT2D eigenvalue weighted by molar-refractivity contribution is 0.177. The van der Waals surface area contributed by atoms with Gasteiger partial charge in [-0.2, -0.15) is 4.98 Å². The molecule has 0 amide bonds. The molecular formula is C18H25N3O. The molecule has 0 saturated heterocycles. The van der Waals surface area contributed by atoms with Crippen LogP contribution in [0.1, 0.15) is 49.4 Å². The van der Waals surface area contributed by atoms with Crippen LogP contribution in [-0.4, -0.2) is 16.7 Å². The predicted octanol–water partition coefficient (Wildman–Crippen LogP) is 3.31. The lowest BCUT2D eigenvalue weighted by atomic mass is 9.72. The zero-order valence-electron chi connectivity index (χ0n) is 13.1. The molecule has 1 aliphatic carbocycles. The van der Waals surface area contributed by atoms with Crippen LogP contribution in [-0.2, 0) is 19.3 Å². The second-order valence-electron chi connectivity index (χ2n) is 6.53. The lowest BCUT2D eigenvalue weighted by Crippen LogP contribution is -2.35. The molecule has 1 saturated carbocycles. The Kier molecular flexibility index (Phi) is 4.88. The Morgan fingerprint density at radius 1 is 1.05 bits per heavy atom. The van der Waals surface area contributed by atoms with E-state index in [9.17, 15) is 0 Å². The Bertz CT molecular complexity index is 573. The van der Waals surface area contributed by atoms with Gasteiger partial charge in [0.2, 0.25) is 5.89 Å². The second kappa shape index (κ2) is 7.05. The van der Waals surface area contributed by atoms with Gasteiger partial charge in [-0.05, 0) is 36.8 Å². The molecule has 3 rings (SSSR count). The molecule has 1 aromatic carbocycles. The summed E-state index contributed by atoms with van der Waals surface area (Å²) in [6.45, 7) is 0.717. The van der Waals surface area contributed by atoms with Crippen LogP contribution in [0.25, 0.3) is 0 Å². The van der Waals surface area contributed by atoms with E-state index in [1.54, 1.807) is 0 Å². The van der Waals surface area contributed by atoms with Crippen molar-refractivity contribution < 1.29 is 4.52 Å². The summed E-state index contributed by atoms with van der Waals surface area (Å²) in [7, 11) is 0. The van der Waals surface area contributed by atoms with Crippen molar-refractivity contribution in [1.82, 2.24) is 10.1 Å². The molecule has 2 N–H and O–H groups in total. The van der Waals surface area contributed by atoms with E-state index in [0.29, 0.717) is 6.54 Å². The maximum absolute atomic E-state index is 6.04. The van der Waals surface area contributed by atoms with Crippen molar-refractivity contribution in [3.63, 3.8) is 0 Å². The molecule has 118 valence electrons. The Labute approximate surface area is 132 Å². The van der Waals surface area contributed by atoms with Crippen LogP contribution in [0.5, 0.6) is 0 Å². The number of hydrogen-bond acceptors (Lipinski definition) is 4. The van der Waals surface area contributed by atoms with Gasteiger partial charge in [-0.3, -0.25) is 0 Å². The van der Waals surface area contributed by atoms with Gasteiger partial charge < -0.3 is 10.3 Å². The smallest absolute Gasteiger partial charge is 0.227 e. The fourth-order valence-electron chi connectivity index (χ4n) is 3.44. The lowest BCUT2D eigenvalue weighted by Gasteiger charge is -2.34. The first-order valence-corrected chi connectivity index (χ1v) is 8.35. The van der Waals surface area contributed by atoms with E-state index in [-0.39, 0.29) is 5.41 Å². The van der Waals surface area contributed by atoms with E-state index < -0.39 is 0 Å². The first-order valence-electron chi connectivity index (χ1n) is 8.35. The first kappa shape index (κ1) is 15.2. The largest absolute Gasteiger partial charge is 0.339 e. The third-order valence-corrected chi connectivity index (χ3v) is 4.86. The summed E-state index contributed by atoms with van der Waals surface area (Å²) in [4.78, 5) is 4.58. The van der Waals surface area contributed by atoms with Crippen molar-refractivity contribution in [2.75, 3.05) is 6.54 Å². The van der Waals surface area contributed by atoms with Gasteiger partial charge in [-0.25, -0.2) is 0 Å². The van der Waals surface area contributed by atoms with Gasteiger partial charge >= 0.3 is 0 Å². The molecule has 4 heteroatoms. The molecule has 1 fully saturated rings. The highest BCUT2D eigenvalue weighted by Gasteiger charge is 2.32. The molecule has 2 aromatic rings. The molecule has 0 bridgehead atoms. The van der Waals surface area contributed by atoms with Crippen LogP contribution >= 0.6 is 0 Å². The van der Waals surface area contributed by atoms with Gasteiger partial charge in [0, 0.05) is 12.8 Å². The summed E-state index contributed by atoms with van der Waals surface area (Å²) in [5, 5.41) is 4.14. The number of benzene rings is 1. The van der Waals surface area contributed by atoms with E-state index in [1.165, 1.54) is 37.7 Å². The Balaban J connectivity index is 1.58. The molecule has 1 aromatic heterocycles. The molecule has 0 spiro atoms. The van der Waals surface area contributed by atoms with Crippen LogP contribution in [0.2, 0.25) is 0 Å². The number of aryl methyl sites for hydroxylation is 2. The van der Waals surface area contributed by atoms with Crippen LogP contribution in [0, 0.1) is 5.41 Å². The first-order chi connectivity index (χ1) is 10.8. The molecule has 1 heterocycles. The molecular weight excluding hydrogens is 274 g/mol. The molecule has 22 heavy (non-hydrogen) atoms. The molecule has 1 aliphatic rings. The van der Waals surface area contributed by atoms with Crippen LogP contribution in [0.15, 0.2) is 34.9 Å². The normalized spacial score (nSPS) is 17.5. The van der Waals surface area contributed by atoms with E-state index in [2.05, 4.69) is 34.4 Å². The second-order valence-corrected chi connectivity index (χ2v) is 6.53. The zero-order valence-corrected chi connectivity index (χ0v) is 13.1. The molecule has 4 nitrogen and oxygen atoms in total. The van der Waals surface area contributed by atoms with Crippen molar-refractivity contribution >= 4 is 0 Å². The van der Waals surface area contributed by atoms with Crippen molar-refractivity contribution in [3.05, 3.63) is 47.6 Å². The Morgan fingerprint density at radius 3 is 2.55 bits per heavy atom. The number of nitrogens with zero attached hydrogens (tertiary/aromatic N) is 2. The van der Waals surface area contributed by atoms with E-state index >= 15 is 0 Å². The SMILES string of the molecule is NCC1(Cc2nc(CCc3ccccc3)no2)CCCCC1. The zero-order chi connectivity index (χ0) is 15.3. The number of rotatable bonds is 6. The highest BCUT2D eigenvalue weighted by molar-refractivity contribution is 5.15. The summed E-state index contributed by atoms with van der Waals surface area (Å²) >= 11 is 0. The summed E-state index contributed by atoms with van der Waals surface area (Å²) in [5.74, 6) is 1.57. The average Bonchev–Trinajstić information content (AvgIpc) is 3.02. The number of hydrogen-bond donors (Lipinski definition) is 1. The molecule has 0 aliphatic heterocycles. The van der Waals surface area contributed by atoms with Gasteiger partial charge in [0.05, 0.1) is 0 Å². The fourth-order valence-corrected chi connectivity index (χ4v) is 3.44. The standard InChI is InChI=1S/C18H25N3O/c19-14-18(11-5-2-6-12-18)13-17-20-16(21-22-17)10-9-15-7-3-1-4-8-15/h1,3-4,7-8H,2,5-6,9-14,19H2. The summed E-state index contributed by atoms with van der Waals surface area (Å²) in [5.41, 5.74) is 7.52. The van der Waals surface area contributed by atoms with Crippen molar-refractivity contribution in [3.8, 4) is 0 Å². The van der Waals surface area contributed by atoms with Crippen molar-refractivity contribution in [2.24, 2.45) is 11.1 Å².